The van der Waals surface area contributed by atoms with E-state index in [4.69, 9.17) is 4.74 Å². The predicted molar refractivity (Wildman–Crippen MR) is 71.2 cm³/mol. The van der Waals surface area contributed by atoms with Crippen molar-refractivity contribution in [2.75, 3.05) is 0 Å². The Morgan fingerprint density at radius 2 is 2.37 bits per heavy atom. The van der Waals surface area contributed by atoms with Gasteiger partial charge in [-0.1, -0.05) is 19.1 Å². The number of nitrogens with zero attached hydrogens (tertiary/aromatic N) is 1. The van der Waals surface area contributed by atoms with Crippen LogP contribution in [0.25, 0.3) is 0 Å². The van der Waals surface area contributed by atoms with Crippen LogP contribution in [0.2, 0.25) is 0 Å². The molecule has 0 aliphatic carbocycles. The van der Waals surface area contributed by atoms with E-state index in [-0.39, 0.29) is 24.3 Å². The van der Waals surface area contributed by atoms with Gasteiger partial charge in [0, 0.05) is 11.6 Å². The van der Waals surface area contributed by atoms with Crippen LogP contribution in [0.5, 0.6) is 0 Å². The second kappa shape index (κ2) is 6.43. The van der Waals surface area contributed by atoms with Crippen LogP contribution in [-0.2, 0) is 22.6 Å². The average molecular weight is 279 g/mol. The monoisotopic (exact) mass is 279 g/mol. The first kappa shape index (κ1) is 13.7. The van der Waals surface area contributed by atoms with E-state index in [2.05, 4.69) is 4.98 Å². The van der Waals surface area contributed by atoms with E-state index in [1.165, 1.54) is 23.5 Å². The molecule has 0 aliphatic heterocycles. The molecule has 100 valence electrons. The van der Waals surface area contributed by atoms with Gasteiger partial charge in [0.15, 0.2) is 0 Å². The smallest absolute Gasteiger partial charge is 0.309 e. The van der Waals surface area contributed by atoms with Crippen LogP contribution in [0.4, 0.5) is 4.39 Å². The Hall–Kier alpha value is -1.75. The van der Waals surface area contributed by atoms with Gasteiger partial charge in [-0.05, 0) is 24.1 Å². The molecule has 0 spiro atoms. The fourth-order valence-electron chi connectivity index (χ4n) is 1.70. The first-order valence-corrected chi connectivity index (χ1v) is 6.82. The molecule has 2 rings (SSSR count). The second-order valence-electron chi connectivity index (χ2n) is 4.27. The van der Waals surface area contributed by atoms with Gasteiger partial charge >= 0.3 is 5.97 Å². The normalized spacial score (nSPS) is 12.1. The van der Waals surface area contributed by atoms with E-state index >= 15 is 0 Å². The summed E-state index contributed by atoms with van der Waals surface area (Å²) in [7, 11) is 0. The maximum absolute atomic E-state index is 13.0. The topological polar surface area (TPSA) is 39.2 Å². The minimum atomic E-state index is -0.304. The Labute approximate surface area is 115 Å². The Balaban J connectivity index is 1.85. The third kappa shape index (κ3) is 4.13. The van der Waals surface area contributed by atoms with Gasteiger partial charge in [-0.3, -0.25) is 4.79 Å². The van der Waals surface area contributed by atoms with Crippen molar-refractivity contribution >= 4 is 17.3 Å². The summed E-state index contributed by atoms with van der Waals surface area (Å²) in [6, 6.07) is 6.26. The number of esters is 1. The van der Waals surface area contributed by atoms with E-state index in [0.29, 0.717) is 6.42 Å². The van der Waals surface area contributed by atoms with Gasteiger partial charge in [-0.25, -0.2) is 9.37 Å². The molecule has 0 amide bonds. The Morgan fingerprint density at radius 3 is 3.05 bits per heavy atom. The highest BCUT2D eigenvalue weighted by atomic mass is 32.1. The average Bonchev–Trinajstić information content (AvgIpc) is 2.89. The van der Waals surface area contributed by atoms with Crippen molar-refractivity contribution in [2.24, 2.45) is 5.92 Å². The van der Waals surface area contributed by atoms with Crippen molar-refractivity contribution in [3.8, 4) is 0 Å². The van der Waals surface area contributed by atoms with E-state index in [9.17, 15) is 9.18 Å². The Morgan fingerprint density at radius 1 is 1.53 bits per heavy atom. The zero-order chi connectivity index (χ0) is 13.7. The van der Waals surface area contributed by atoms with Crippen molar-refractivity contribution in [1.82, 2.24) is 4.98 Å². The van der Waals surface area contributed by atoms with E-state index in [1.807, 2.05) is 5.38 Å². The molecule has 0 saturated heterocycles. The lowest BCUT2D eigenvalue weighted by Gasteiger charge is -2.10. The molecule has 0 bridgehead atoms. The highest BCUT2D eigenvalue weighted by Crippen LogP contribution is 2.13. The standard InChI is InChI=1S/C14H14FNO2S/c1-10(7-11-3-2-4-12(15)8-11)14(17)18-9-13-16-5-6-19-13/h2-6,8,10H,7,9H2,1H3. The molecule has 0 aliphatic rings. The number of benzene rings is 1. The zero-order valence-electron chi connectivity index (χ0n) is 10.5. The number of thiazole rings is 1. The van der Waals surface area contributed by atoms with Crippen LogP contribution in [0, 0.1) is 11.7 Å². The maximum Gasteiger partial charge on any atom is 0.309 e. The molecule has 1 aromatic heterocycles. The number of hydrogen-bond acceptors (Lipinski definition) is 4. The van der Waals surface area contributed by atoms with Crippen LogP contribution in [-0.4, -0.2) is 11.0 Å². The minimum absolute atomic E-state index is 0.198. The molecule has 0 saturated carbocycles. The maximum atomic E-state index is 13.0. The number of hydrogen-bond donors (Lipinski definition) is 0. The van der Waals surface area contributed by atoms with Crippen LogP contribution in [0.3, 0.4) is 0 Å². The molecule has 0 radical (unpaired) electrons. The first-order chi connectivity index (χ1) is 9.15. The number of carbonyl (C=O) groups excluding carboxylic acids is 1. The molecule has 5 heteroatoms. The second-order valence-corrected chi connectivity index (χ2v) is 5.25. The third-order valence-electron chi connectivity index (χ3n) is 2.65. The van der Waals surface area contributed by atoms with Crippen molar-refractivity contribution in [2.45, 2.75) is 20.0 Å². The van der Waals surface area contributed by atoms with Crippen molar-refractivity contribution in [1.29, 1.82) is 0 Å². The van der Waals surface area contributed by atoms with Gasteiger partial charge in [-0.2, -0.15) is 0 Å². The highest BCUT2D eigenvalue weighted by Gasteiger charge is 2.15. The fraction of sp³-hybridized carbons (Fsp3) is 0.286. The van der Waals surface area contributed by atoms with Gasteiger partial charge in [0.25, 0.3) is 0 Å². The lowest BCUT2D eigenvalue weighted by atomic mass is 10.0. The van der Waals surface area contributed by atoms with Crippen LogP contribution >= 0.6 is 11.3 Å². The highest BCUT2D eigenvalue weighted by molar-refractivity contribution is 7.09. The molecule has 3 nitrogen and oxygen atoms in total. The van der Waals surface area contributed by atoms with Crippen molar-refractivity contribution in [3.63, 3.8) is 0 Å². The van der Waals surface area contributed by atoms with Gasteiger partial charge in [0.2, 0.25) is 0 Å². The van der Waals surface area contributed by atoms with Gasteiger partial charge < -0.3 is 4.74 Å². The number of aromatic nitrogens is 1. The summed E-state index contributed by atoms with van der Waals surface area (Å²) in [6.07, 6.45) is 2.14. The zero-order valence-corrected chi connectivity index (χ0v) is 11.3. The number of halogens is 1. The van der Waals surface area contributed by atoms with Crippen LogP contribution < -0.4 is 0 Å². The summed E-state index contributed by atoms with van der Waals surface area (Å²) in [4.78, 5) is 15.8. The van der Waals surface area contributed by atoms with Gasteiger partial charge in [0.1, 0.15) is 17.4 Å². The lowest BCUT2D eigenvalue weighted by molar-refractivity contribution is -0.149. The van der Waals surface area contributed by atoms with Crippen LogP contribution in [0.1, 0.15) is 17.5 Å². The lowest BCUT2D eigenvalue weighted by Crippen LogP contribution is -2.17. The first-order valence-electron chi connectivity index (χ1n) is 5.94. The Kier molecular flexibility index (Phi) is 4.63. The van der Waals surface area contributed by atoms with Crippen molar-refractivity contribution in [3.05, 3.63) is 52.2 Å². The number of rotatable bonds is 5. The minimum Gasteiger partial charge on any atom is -0.458 e. The van der Waals surface area contributed by atoms with E-state index in [0.717, 1.165) is 10.6 Å². The summed E-state index contributed by atoms with van der Waals surface area (Å²) in [5, 5.41) is 2.60. The summed E-state index contributed by atoms with van der Waals surface area (Å²) in [5.41, 5.74) is 0.790. The number of carbonyl (C=O) groups is 1. The van der Waals surface area contributed by atoms with E-state index < -0.39 is 0 Å². The SMILES string of the molecule is CC(Cc1cccc(F)c1)C(=O)OCc1nccs1. The van der Waals surface area contributed by atoms with E-state index in [1.54, 1.807) is 25.3 Å². The molecule has 2 aromatic rings. The molecule has 0 fully saturated rings. The largest absolute Gasteiger partial charge is 0.458 e. The third-order valence-corrected chi connectivity index (χ3v) is 3.41. The van der Waals surface area contributed by atoms with Crippen LogP contribution in [0.15, 0.2) is 35.8 Å². The summed E-state index contributed by atoms with van der Waals surface area (Å²) >= 11 is 1.44. The molecular formula is C14H14FNO2S. The molecular weight excluding hydrogens is 265 g/mol. The molecule has 19 heavy (non-hydrogen) atoms. The van der Waals surface area contributed by atoms with Gasteiger partial charge in [0.05, 0.1) is 5.92 Å². The number of ether oxygens (including phenoxy) is 1. The summed E-state index contributed by atoms with van der Waals surface area (Å²) < 4.78 is 18.2. The quantitative estimate of drug-likeness (QED) is 0.789. The fourth-order valence-corrected chi connectivity index (χ4v) is 2.23. The molecule has 1 atom stereocenters. The molecule has 0 N–H and O–H groups in total. The predicted octanol–water partition coefficient (Wildman–Crippen LogP) is 3.20. The van der Waals surface area contributed by atoms with Gasteiger partial charge in [-0.15, -0.1) is 11.3 Å². The Bertz CT molecular complexity index is 542. The van der Waals surface area contributed by atoms with Crippen molar-refractivity contribution < 1.29 is 13.9 Å². The molecule has 1 aromatic carbocycles. The molecule has 1 unspecified atom stereocenters. The summed E-state index contributed by atoms with van der Waals surface area (Å²) in [5.74, 6) is -0.887. The summed E-state index contributed by atoms with van der Waals surface area (Å²) in [6.45, 7) is 1.97. The molecule has 1 heterocycles.